The second kappa shape index (κ2) is 8.62. The van der Waals surface area contributed by atoms with Gasteiger partial charge in [0.25, 0.3) is 5.91 Å². The number of hydrogen-bond acceptors (Lipinski definition) is 3. The fourth-order valence-corrected chi connectivity index (χ4v) is 2.49. The molecule has 0 spiro atoms. The van der Waals surface area contributed by atoms with Gasteiger partial charge in [-0.25, -0.2) is 0 Å². The van der Waals surface area contributed by atoms with Gasteiger partial charge in [0.2, 0.25) is 0 Å². The van der Waals surface area contributed by atoms with Crippen molar-refractivity contribution in [1.29, 1.82) is 0 Å². The molecule has 2 rings (SSSR count). The minimum absolute atomic E-state index is 0.0555. The molecular weight excluding hydrogens is 332 g/mol. The first-order chi connectivity index (χ1) is 11.1. The predicted molar refractivity (Wildman–Crippen MR) is 95.5 cm³/mol. The van der Waals surface area contributed by atoms with E-state index < -0.39 is 0 Å². The molecule has 0 saturated heterocycles. The maximum Gasteiger partial charge on any atom is 0.257 e. The smallest absolute Gasteiger partial charge is 0.257 e. The average Bonchev–Trinajstić information content (AvgIpc) is 2.55. The lowest BCUT2D eigenvalue weighted by atomic mass is 10.2. The lowest BCUT2D eigenvalue weighted by Crippen LogP contribution is -2.43. The zero-order valence-electron chi connectivity index (χ0n) is 12.4. The quantitative estimate of drug-likeness (QED) is 0.816. The van der Waals surface area contributed by atoms with Crippen molar-refractivity contribution in [1.82, 2.24) is 10.2 Å². The first-order valence-corrected chi connectivity index (χ1v) is 7.89. The Labute approximate surface area is 145 Å². The number of amides is 1. The summed E-state index contributed by atoms with van der Waals surface area (Å²) in [5.41, 5.74) is 1.48. The van der Waals surface area contributed by atoms with E-state index in [9.17, 15) is 9.90 Å². The van der Waals surface area contributed by atoms with Crippen LogP contribution < -0.4 is 5.32 Å². The molecule has 2 N–H and O–H groups in total. The van der Waals surface area contributed by atoms with Crippen LogP contribution in [-0.2, 0) is 6.54 Å². The largest absolute Gasteiger partial charge is 0.395 e. The molecule has 0 saturated carbocycles. The Morgan fingerprint density at radius 3 is 2.57 bits per heavy atom. The van der Waals surface area contributed by atoms with E-state index in [4.69, 9.17) is 23.8 Å². The third-order valence-electron chi connectivity index (χ3n) is 3.18. The Morgan fingerprint density at radius 2 is 1.91 bits per heavy atom. The van der Waals surface area contributed by atoms with Crippen molar-refractivity contribution in [2.75, 3.05) is 13.2 Å². The van der Waals surface area contributed by atoms with Gasteiger partial charge in [-0.15, -0.1) is 0 Å². The molecule has 0 heterocycles. The molecule has 0 unspecified atom stereocenters. The van der Waals surface area contributed by atoms with E-state index in [-0.39, 0.29) is 17.6 Å². The molecule has 0 aliphatic heterocycles. The van der Waals surface area contributed by atoms with Crippen LogP contribution in [0.25, 0.3) is 0 Å². The molecular formula is C17H17ClN2O2S. The molecule has 0 fully saturated rings. The van der Waals surface area contributed by atoms with Crippen molar-refractivity contribution in [3.8, 4) is 0 Å². The van der Waals surface area contributed by atoms with Gasteiger partial charge in [-0.3, -0.25) is 10.1 Å². The number of aliphatic hydroxyl groups is 1. The number of rotatable bonds is 5. The molecule has 120 valence electrons. The van der Waals surface area contributed by atoms with Crippen molar-refractivity contribution in [3.63, 3.8) is 0 Å². The Hall–Kier alpha value is -1.95. The zero-order chi connectivity index (χ0) is 16.7. The van der Waals surface area contributed by atoms with Crippen LogP contribution in [-0.4, -0.2) is 34.2 Å². The van der Waals surface area contributed by atoms with Crippen molar-refractivity contribution in [2.45, 2.75) is 6.54 Å². The van der Waals surface area contributed by atoms with Gasteiger partial charge in [0.05, 0.1) is 6.61 Å². The van der Waals surface area contributed by atoms with Gasteiger partial charge in [-0.1, -0.05) is 48.0 Å². The van der Waals surface area contributed by atoms with Crippen LogP contribution in [0.5, 0.6) is 0 Å². The van der Waals surface area contributed by atoms with Crippen LogP contribution >= 0.6 is 23.8 Å². The summed E-state index contributed by atoms with van der Waals surface area (Å²) < 4.78 is 0. The van der Waals surface area contributed by atoms with Crippen molar-refractivity contribution in [3.05, 3.63) is 70.7 Å². The van der Waals surface area contributed by atoms with Gasteiger partial charge in [-0.05, 0) is 36.0 Å². The molecule has 2 aromatic carbocycles. The molecule has 6 heteroatoms. The predicted octanol–water partition coefficient (Wildman–Crippen LogP) is 2.85. The Balaban J connectivity index is 2.04. The lowest BCUT2D eigenvalue weighted by Gasteiger charge is -2.24. The molecule has 4 nitrogen and oxygen atoms in total. The first kappa shape index (κ1) is 17.4. The fourth-order valence-electron chi connectivity index (χ4n) is 2.05. The standard InChI is InChI=1S/C17H17ClN2O2S/c18-15-8-4-7-14(11-15)16(22)19-17(23)20(9-10-21)12-13-5-2-1-3-6-13/h1-8,11,21H,9-10,12H2,(H,19,22,23). The normalized spacial score (nSPS) is 10.2. The number of nitrogens with zero attached hydrogens (tertiary/aromatic N) is 1. The van der Waals surface area contributed by atoms with Gasteiger partial charge < -0.3 is 10.0 Å². The molecule has 0 radical (unpaired) electrons. The van der Waals surface area contributed by atoms with E-state index in [1.54, 1.807) is 29.2 Å². The van der Waals surface area contributed by atoms with E-state index in [2.05, 4.69) is 5.32 Å². The van der Waals surface area contributed by atoms with Crippen LogP contribution in [0.1, 0.15) is 15.9 Å². The monoisotopic (exact) mass is 348 g/mol. The van der Waals surface area contributed by atoms with Crippen LogP contribution in [0.3, 0.4) is 0 Å². The van der Waals surface area contributed by atoms with Gasteiger partial charge >= 0.3 is 0 Å². The third kappa shape index (κ3) is 5.32. The highest BCUT2D eigenvalue weighted by Gasteiger charge is 2.14. The topological polar surface area (TPSA) is 52.6 Å². The van der Waals surface area contributed by atoms with Crippen molar-refractivity contribution >= 4 is 34.8 Å². The summed E-state index contributed by atoms with van der Waals surface area (Å²) in [7, 11) is 0. The summed E-state index contributed by atoms with van der Waals surface area (Å²) >= 11 is 11.2. The van der Waals surface area contributed by atoms with Gasteiger partial charge in [-0.2, -0.15) is 0 Å². The number of benzene rings is 2. The fraction of sp³-hybridized carbons (Fsp3) is 0.176. The van der Waals surface area contributed by atoms with Crippen LogP contribution in [0, 0.1) is 0 Å². The van der Waals surface area contributed by atoms with Gasteiger partial charge in [0.1, 0.15) is 0 Å². The number of thiocarbonyl (C=S) groups is 1. The first-order valence-electron chi connectivity index (χ1n) is 7.11. The van der Waals surface area contributed by atoms with E-state index in [0.29, 0.717) is 23.7 Å². The minimum atomic E-state index is -0.325. The van der Waals surface area contributed by atoms with E-state index >= 15 is 0 Å². The molecule has 0 bridgehead atoms. The SMILES string of the molecule is O=C(NC(=S)N(CCO)Cc1ccccc1)c1cccc(Cl)c1. The molecule has 0 aliphatic carbocycles. The summed E-state index contributed by atoms with van der Waals surface area (Å²) in [6.45, 7) is 0.791. The second-order valence-corrected chi connectivity index (χ2v) is 5.72. The van der Waals surface area contributed by atoms with Gasteiger partial charge in [0.15, 0.2) is 5.11 Å². The maximum absolute atomic E-state index is 12.2. The summed E-state index contributed by atoms with van der Waals surface area (Å²) in [6, 6.07) is 16.4. The average molecular weight is 349 g/mol. The van der Waals surface area contributed by atoms with Crippen LogP contribution in [0.15, 0.2) is 54.6 Å². The number of carbonyl (C=O) groups excluding carboxylic acids is 1. The molecule has 0 aliphatic rings. The number of aliphatic hydroxyl groups excluding tert-OH is 1. The summed E-state index contributed by atoms with van der Waals surface area (Å²) in [6.07, 6.45) is 0. The molecule has 0 atom stereocenters. The molecule has 2 aromatic rings. The van der Waals surface area contributed by atoms with Crippen LogP contribution in [0.4, 0.5) is 0 Å². The highest BCUT2D eigenvalue weighted by molar-refractivity contribution is 7.80. The summed E-state index contributed by atoms with van der Waals surface area (Å²) in [5.74, 6) is -0.325. The van der Waals surface area contributed by atoms with Crippen molar-refractivity contribution in [2.24, 2.45) is 0 Å². The van der Waals surface area contributed by atoms with Crippen molar-refractivity contribution < 1.29 is 9.90 Å². The number of halogens is 1. The maximum atomic E-state index is 12.2. The zero-order valence-corrected chi connectivity index (χ0v) is 14.0. The molecule has 1 amide bonds. The highest BCUT2D eigenvalue weighted by Crippen LogP contribution is 2.11. The summed E-state index contributed by atoms with van der Waals surface area (Å²) in [5, 5.41) is 12.7. The molecule has 0 aromatic heterocycles. The minimum Gasteiger partial charge on any atom is -0.395 e. The van der Waals surface area contributed by atoms with E-state index in [1.807, 2.05) is 30.3 Å². The Morgan fingerprint density at radius 1 is 1.17 bits per heavy atom. The molecule has 23 heavy (non-hydrogen) atoms. The van der Waals surface area contributed by atoms with E-state index in [0.717, 1.165) is 5.56 Å². The van der Waals surface area contributed by atoms with Crippen LogP contribution in [0.2, 0.25) is 5.02 Å². The second-order valence-electron chi connectivity index (χ2n) is 4.90. The lowest BCUT2D eigenvalue weighted by molar-refractivity contribution is 0.0971. The number of carbonyl (C=O) groups is 1. The Bertz CT molecular complexity index is 679. The highest BCUT2D eigenvalue weighted by atomic mass is 35.5. The summed E-state index contributed by atoms with van der Waals surface area (Å²) in [4.78, 5) is 14.0. The van der Waals surface area contributed by atoms with Gasteiger partial charge in [0, 0.05) is 23.7 Å². The number of hydrogen-bond donors (Lipinski definition) is 2. The third-order valence-corrected chi connectivity index (χ3v) is 3.78. The number of nitrogens with one attached hydrogen (secondary N) is 1. The Kier molecular flexibility index (Phi) is 6.52. The van der Waals surface area contributed by atoms with E-state index in [1.165, 1.54) is 0 Å².